The van der Waals surface area contributed by atoms with Crippen LogP contribution >= 0.6 is 0 Å². The third-order valence-corrected chi connectivity index (χ3v) is 5.28. The normalized spacial score (nSPS) is 17.9. The van der Waals surface area contributed by atoms with Gasteiger partial charge in [-0.05, 0) is 41.3 Å². The Labute approximate surface area is 163 Å². The van der Waals surface area contributed by atoms with Crippen molar-refractivity contribution in [1.82, 2.24) is 0 Å². The fourth-order valence-electron chi connectivity index (χ4n) is 3.72. The molecule has 5 nitrogen and oxygen atoms in total. The van der Waals surface area contributed by atoms with E-state index >= 15 is 0 Å². The summed E-state index contributed by atoms with van der Waals surface area (Å²) in [6, 6.07) is 18.1. The number of nitrogens with one attached hydrogen (secondary N) is 1. The zero-order valence-electron chi connectivity index (χ0n) is 15.7. The summed E-state index contributed by atoms with van der Waals surface area (Å²) in [4.78, 5) is 12.8. The van der Waals surface area contributed by atoms with Gasteiger partial charge in [-0.1, -0.05) is 49.4 Å². The van der Waals surface area contributed by atoms with E-state index in [1.807, 2.05) is 43.3 Å². The van der Waals surface area contributed by atoms with E-state index in [1.165, 1.54) is 0 Å². The number of hydrogen-bond donors (Lipinski definition) is 3. The lowest BCUT2D eigenvalue weighted by Crippen LogP contribution is -2.35. The van der Waals surface area contributed by atoms with Crippen LogP contribution in [0.1, 0.15) is 23.6 Å². The number of rotatable bonds is 4. The first-order valence-corrected chi connectivity index (χ1v) is 9.13. The van der Waals surface area contributed by atoms with E-state index in [9.17, 15) is 15.0 Å². The third kappa shape index (κ3) is 2.63. The number of aryl methyl sites for hydroxylation is 1. The molecule has 28 heavy (non-hydrogen) atoms. The first kappa shape index (κ1) is 18.1. The molecule has 0 aromatic heterocycles. The fraction of sp³-hybridized carbons (Fsp3) is 0.174. The number of methoxy groups -OCH3 is 1. The van der Waals surface area contributed by atoms with Gasteiger partial charge < -0.3 is 20.3 Å². The summed E-state index contributed by atoms with van der Waals surface area (Å²) in [7, 11) is 1.61. The Bertz CT molecular complexity index is 1080. The summed E-state index contributed by atoms with van der Waals surface area (Å²) in [6.07, 6.45) is 0.596. The van der Waals surface area contributed by atoms with E-state index in [-0.39, 0.29) is 11.3 Å². The van der Waals surface area contributed by atoms with Crippen LogP contribution in [0.4, 0.5) is 5.69 Å². The summed E-state index contributed by atoms with van der Waals surface area (Å²) < 4.78 is 5.27. The van der Waals surface area contributed by atoms with Crippen molar-refractivity contribution in [3.05, 3.63) is 77.4 Å². The maximum absolute atomic E-state index is 12.8. The zero-order valence-corrected chi connectivity index (χ0v) is 15.7. The molecule has 4 rings (SSSR count). The van der Waals surface area contributed by atoms with Gasteiger partial charge >= 0.3 is 0 Å². The molecule has 1 heterocycles. The highest BCUT2D eigenvalue weighted by Gasteiger charge is 2.48. The average molecular weight is 375 g/mol. The second kappa shape index (κ2) is 6.69. The molecular weight excluding hydrogens is 354 g/mol. The fourth-order valence-corrected chi connectivity index (χ4v) is 3.72. The molecule has 0 saturated heterocycles. The van der Waals surface area contributed by atoms with Gasteiger partial charge in [0.1, 0.15) is 11.5 Å². The minimum atomic E-state index is -1.93. The van der Waals surface area contributed by atoms with E-state index in [0.29, 0.717) is 23.2 Å². The van der Waals surface area contributed by atoms with E-state index < -0.39 is 11.5 Å². The van der Waals surface area contributed by atoms with Crippen molar-refractivity contribution in [2.45, 2.75) is 18.9 Å². The third-order valence-electron chi connectivity index (χ3n) is 5.28. The standard InChI is InChI=1S/C23H21NO4/c1-3-14-6-5-9-19(21(14)25)23(27)18-11-10-16(13-20(18)24-22(23)26)15-7-4-8-17(12-15)28-2/h4-13,25,27H,3H2,1-2H3,(H,24,26). The minimum absolute atomic E-state index is 0.0487. The van der Waals surface area contributed by atoms with E-state index in [1.54, 1.807) is 31.4 Å². The van der Waals surface area contributed by atoms with E-state index in [0.717, 1.165) is 16.9 Å². The molecule has 0 spiro atoms. The Morgan fingerprint density at radius 2 is 1.75 bits per heavy atom. The van der Waals surface area contributed by atoms with E-state index in [2.05, 4.69) is 5.32 Å². The molecule has 0 bridgehead atoms. The van der Waals surface area contributed by atoms with Gasteiger partial charge in [0.05, 0.1) is 7.11 Å². The molecule has 3 N–H and O–H groups in total. The Balaban J connectivity index is 1.83. The number of para-hydroxylation sites is 1. The number of aliphatic hydroxyl groups is 1. The van der Waals surface area contributed by atoms with Crippen LogP contribution in [0.5, 0.6) is 11.5 Å². The van der Waals surface area contributed by atoms with Crippen LogP contribution < -0.4 is 10.1 Å². The SMILES string of the molecule is CCc1cccc(C2(O)C(=O)Nc3cc(-c4cccc(OC)c4)ccc32)c1O. The number of carbonyl (C=O) groups excluding carboxylic acids is 1. The number of aromatic hydroxyl groups is 1. The first-order valence-electron chi connectivity index (χ1n) is 9.13. The molecule has 3 aromatic carbocycles. The molecule has 0 saturated carbocycles. The highest BCUT2D eigenvalue weighted by atomic mass is 16.5. The number of amides is 1. The number of ether oxygens (including phenoxy) is 1. The minimum Gasteiger partial charge on any atom is -0.507 e. The first-order chi connectivity index (χ1) is 13.5. The van der Waals surface area contributed by atoms with Gasteiger partial charge in [-0.25, -0.2) is 0 Å². The number of carbonyl (C=O) groups is 1. The molecular formula is C23H21NO4. The number of phenolic OH excluding ortho intramolecular Hbond substituents is 1. The maximum atomic E-state index is 12.8. The summed E-state index contributed by atoms with van der Waals surface area (Å²) in [5, 5.41) is 24.7. The lowest BCUT2D eigenvalue weighted by atomic mass is 9.85. The van der Waals surface area contributed by atoms with Crippen LogP contribution in [0, 0.1) is 0 Å². The summed E-state index contributed by atoms with van der Waals surface area (Å²) >= 11 is 0. The van der Waals surface area contributed by atoms with Gasteiger partial charge in [-0.3, -0.25) is 4.79 Å². The van der Waals surface area contributed by atoms with Crippen LogP contribution in [0.15, 0.2) is 60.7 Å². The Morgan fingerprint density at radius 3 is 2.50 bits per heavy atom. The Hall–Kier alpha value is -3.31. The monoisotopic (exact) mass is 375 g/mol. The van der Waals surface area contributed by atoms with Gasteiger partial charge in [0.15, 0.2) is 5.60 Å². The van der Waals surface area contributed by atoms with Gasteiger partial charge in [-0.2, -0.15) is 0 Å². The van der Waals surface area contributed by atoms with Crippen molar-refractivity contribution in [2.75, 3.05) is 12.4 Å². The predicted octanol–water partition coefficient (Wildman–Crippen LogP) is 3.82. The van der Waals surface area contributed by atoms with Crippen molar-refractivity contribution in [3.63, 3.8) is 0 Å². The van der Waals surface area contributed by atoms with Gasteiger partial charge in [0.25, 0.3) is 5.91 Å². The number of fused-ring (bicyclic) bond motifs is 1. The van der Waals surface area contributed by atoms with Crippen LogP contribution in [0.25, 0.3) is 11.1 Å². The zero-order chi connectivity index (χ0) is 19.9. The van der Waals surface area contributed by atoms with Gasteiger partial charge in [-0.15, -0.1) is 0 Å². The largest absolute Gasteiger partial charge is 0.507 e. The van der Waals surface area contributed by atoms with Crippen LogP contribution in [0.2, 0.25) is 0 Å². The van der Waals surface area contributed by atoms with Crippen LogP contribution in [0.3, 0.4) is 0 Å². The smallest absolute Gasteiger partial charge is 0.266 e. The molecule has 1 unspecified atom stereocenters. The Morgan fingerprint density at radius 1 is 1.00 bits per heavy atom. The second-order valence-corrected chi connectivity index (χ2v) is 6.82. The molecule has 0 fully saturated rings. The summed E-state index contributed by atoms with van der Waals surface area (Å²) in [6.45, 7) is 1.91. The topological polar surface area (TPSA) is 78.8 Å². The van der Waals surface area contributed by atoms with Crippen molar-refractivity contribution in [2.24, 2.45) is 0 Å². The molecule has 0 radical (unpaired) electrons. The predicted molar refractivity (Wildman–Crippen MR) is 108 cm³/mol. The quantitative estimate of drug-likeness (QED) is 0.648. The summed E-state index contributed by atoms with van der Waals surface area (Å²) in [5.41, 5.74) is 1.70. The Kier molecular flexibility index (Phi) is 4.32. The van der Waals surface area contributed by atoms with Gasteiger partial charge in [0.2, 0.25) is 0 Å². The number of anilines is 1. The number of benzene rings is 3. The van der Waals surface area contributed by atoms with Crippen molar-refractivity contribution < 1.29 is 19.7 Å². The molecule has 142 valence electrons. The molecule has 0 aliphatic carbocycles. The molecule has 1 amide bonds. The average Bonchev–Trinajstić information content (AvgIpc) is 2.98. The summed E-state index contributed by atoms with van der Waals surface area (Å²) in [5.74, 6) is 0.112. The van der Waals surface area contributed by atoms with Gasteiger partial charge in [0, 0.05) is 16.8 Å². The second-order valence-electron chi connectivity index (χ2n) is 6.82. The number of phenols is 1. The lowest BCUT2D eigenvalue weighted by molar-refractivity contribution is -0.129. The maximum Gasteiger partial charge on any atom is 0.266 e. The highest BCUT2D eigenvalue weighted by Crippen LogP contribution is 2.46. The van der Waals surface area contributed by atoms with Crippen molar-refractivity contribution in [1.29, 1.82) is 0 Å². The molecule has 1 aliphatic heterocycles. The number of hydrogen-bond acceptors (Lipinski definition) is 4. The van der Waals surface area contributed by atoms with E-state index in [4.69, 9.17) is 4.74 Å². The lowest BCUT2D eigenvalue weighted by Gasteiger charge is -2.23. The van der Waals surface area contributed by atoms with Crippen molar-refractivity contribution >= 4 is 11.6 Å². The highest BCUT2D eigenvalue weighted by molar-refractivity contribution is 6.08. The molecule has 5 heteroatoms. The van der Waals surface area contributed by atoms with Crippen LogP contribution in [-0.2, 0) is 16.8 Å². The molecule has 1 aliphatic rings. The molecule has 3 aromatic rings. The van der Waals surface area contributed by atoms with Crippen molar-refractivity contribution in [3.8, 4) is 22.6 Å². The van der Waals surface area contributed by atoms with Crippen LogP contribution in [-0.4, -0.2) is 23.2 Å². The molecule has 1 atom stereocenters.